The predicted molar refractivity (Wildman–Crippen MR) is 104 cm³/mol. The van der Waals surface area contributed by atoms with E-state index in [4.69, 9.17) is 25.5 Å². The van der Waals surface area contributed by atoms with Crippen molar-refractivity contribution in [2.45, 2.75) is 26.4 Å². The standard InChI is InChI=1S/C21H19ClO5/c1-3-10-25-21(24)13(2)27-16-8-9-17-19(11-16)26-12-18(20(17)23)14-4-6-15(22)7-5-14/h4-9,11-13H,3,10H2,1-2H3/t13-/m1/s1. The molecule has 27 heavy (non-hydrogen) atoms. The van der Waals surface area contributed by atoms with Crippen molar-refractivity contribution < 1.29 is 18.7 Å². The van der Waals surface area contributed by atoms with Gasteiger partial charge in [-0.15, -0.1) is 0 Å². The van der Waals surface area contributed by atoms with Crippen LogP contribution < -0.4 is 10.2 Å². The Morgan fingerprint density at radius 2 is 1.93 bits per heavy atom. The number of benzene rings is 2. The van der Waals surface area contributed by atoms with Crippen LogP contribution in [0.3, 0.4) is 0 Å². The molecule has 0 saturated heterocycles. The van der Waals surface area contributed by atoms with Gasteiger partial charge in [-0.25, -0.2) is 4.79 Å². The lowest BCUT2D eigenvalue weighted by Gasteiger charge is -2.14. The predicted octanol–water partition coefficient (Wildman–Crippen LogP) is 4.83. The van der Waals surface area contributed by atoms with E-state index < -0.39 is 12.1 Å². The Labute approximate surface area is 161 Å². The highest BCUT2D eigenvalue weighted by molar-refractivity contribution is 6.30. The van der Waals surface area contributed by atoms with Crippen molar-refractivity contribution in [1.82, 2.24) is 0 Å². The molecule has 2 aromatic carbocycles. The van der Waals surface area contributed by atoms with Gasteiger partial charge in [0, 0.05) is 11.1 Å². The van der Waals surface area contributed by atoms with Gasteiger partial charge >= 0.3 is 5.97 Å². The number of carbonyl (C=O) groups is 1. The first-order chi connectivity index (χ1) is 13.0. The van der Waals surface area contributed by atoms with Crippen LogP contribution in [0, 0.1) is 0 Å². The molecule has 1 aromatic heterocycles. The van der Waals surface area contributed by atoms with Crippen LogP contribution in [0.15, 0.2) is 57.9 Å². The third-order valence-corrected chi connectivity index (χ3v) is 4.25. The number of rotatable bonds is 6. The number of hydrogen-bond acceptors (Lipinski definition) is 5. The molecule has 3 rings (SSSR count). The van der Waals surface area contributed by atoms with E-state index in [0.29, 0.717) is 33.9 Å². The Bertz CT molecular complexity index is 1010. The van der Waals surface area contributed by atoms with Gasteiger partial charge in [-0.2, -0.15) is 0 Å². The van der Waals surface area contributed by atoms with Crippen molar-refractivity contribution in [3.8, 4) is 16.9 Å². The highest BCUT2D eigenvalue weighted by Crippen LogP contribution is 2.24. The number of carbonyl (C=O) groups excluding carboxylic acids is 1. The van der Waals surface area contributed by atoms with E-state index in [1.54, 1.807) is 49.4 Å². The molecule has 3 aromatic rings. The van der Waals surface area contributed by atoms with Crippen LogP contribution in [0.5, 0.6) is 5.75 Å². The van der Waals surface area contributed by atoms with Gasteiger partial charge in [0.05, 0.1) is 17.6 Å². The summed E-state index contributed by atoms with van der Waals surface area (Å²) >= 11 is 5.89. The molecule has 5 nitrogen and oxygen atoms in total. The molecule has 0 aliphatic heterocycles. The Hall–Kier alpha value is -2.79. The van der Waals surface area contributed by atoms with Crippen molar-refractivity contribution >= 4 is 28.5 Å². The SMILES string of the molecule is CCCOC(=O)[C@@H](C)Oc1ccc2c(=O)c(-c3ccc(Cl)cc3)coc2c1. The average molecular weight is 387 g/mol. The molecule has 6 heteroatoms. The molecule has 0 amide bonds. The molecule has 0 aliphatic rings. The lowest BCUT2D eigenvalue weighted by atomic mass is 10.1. The second-order valence-corrected chi connectivity index (χ2v) is 6.51. The normalized spacial score (nSPS) is 12.0. The molecular weight excluding hydrogens is 368 g/mol. The smallest absolute Gasteiger partial charge is 0.347 e. The molecule has 0 N–H and O–H groups in total. The highest BCUT2D eigenvalue weighted by Gasteiger charge is 2.17. The average Bonchev–Trinajstić information content (AvgIpc) is 2.67. The van der Waals surface area contributed by atoms with Crippen LogP contribution in [0.1, 0.15) is 20.3 Å². The number of esters is 1. The summed E-state index contributed by atoms with van der Waals surface area (Å²) in [5.74, 6) is -0.0117. The Balaban J connectivity index is 1.87. The monoisotopic (exact) mass is 386 g/mol. The maximum absolute atomic E-state index is 12.8. The fourth-order valence-corrected chi connectivity index (χ4v) is 2.71. The maximum Gasteiger partial charge on any atom is 0.347 e. The first kappa shape index (κ1) is 19.0. The zero-order valence-corrected chi connectivity index (χ0v) is 15.8. The fraction of sp³-hybridized carbons (Fsp3) is 0.238. The largest absolute Gasteiger partial charge is 0.479 e. The Kier molecular flexibility index (Phi) is 5.81. The Morgan fingerprint density at radius 3 is 2.63 bits per heavy atom. The van der Waals surface area contributed by atoms with Gasteiger partial charge in [0.1, 0.15) is 17.6 Å². The van der Waals surface area contributed by atoms with Gasteiger partial charge in [-0.05, 0) is 43.2 Å². The van der Waals surface area contributed by atoms with Gasteiger partial charge in [0.25, 0.3) is 0 Å². The second kappa shape index (κ2) is 8.27. The van der Waals surface area contributed by atoms with Crippen molar-refractivity contribution in [2.75, 3.05) is 6.61 Å². The van der Waals surface area contributed by atoms with Gasteiger partial charge in [-0.3, -0.25) is 4.79 Å². The molecule has 1 atom stereocenters. The lowest BCUT2D eigenvalue weighted by Crippen LogP contribution is -2.26. The zero-order chi connectivity index (χ0) is 19.4. The molecule has 0 bridgehead atoms. The molecule has 0 aliphatic carbocycles. The van der Waals surface area contributed by atoms with Crippen LogP contribution >= 0.6 is 11.6 Å². The minimum absolute atomic E-state index is 0.152. The van der Waals surface area contributed by atoms with Crippen LogP contribution in [-0.2, 0) is 9.53 Å². The summed E-state index contributed by atoms with van der Waals surface area (Å²) in [4.78, 5) is 24.6. The molecule has 0 saturated carbocycles. The number of hydrogen-bond donors (Lipinski definition) is 0. The van der Waals surface area contributed by atoms with Gasteiger partial charge in [0.15, 0.2) is 11.5 Å². The minimum Gasteiger partial charge on any atom is -0.479 e. The fourth-order valence-electron chi connectivity index (χ4n) is 2.58. The zero-order valence-electron chi connectivity index (χ0n) is 15.0. The summed E-state index contributed by atoms with van der Waals surface area (Å²) in [6.45, 7) is 3.89. The van der Waals surface area contributed by atoms with E-state index in [9.17, 15) is 9.59 Å². The molecule has 140 valence electrons. The van der Waals surface area contributed by atoms with E-state index >= 15 is 0 Å². The topological polar surface area (TPSA) is 65.7 Å². The van der Waals surface area contributed by atoms with Crippen molar-refractivity contribution in [3.05, 3.63) is 64.0 Å². The van der Waals surface area contributed by atoms with E-state index in [1.165, 1.54) is 6.26 Å². The van der Waals surface area contributed by atoms with Gasteiger partial charge in [-0.1, -0.05) is 30.7 Å². The third-order valence-electron chi connectivity index (χ3n) is 3.99. The van der Waals surface area contributed by atoms with E-state index in [-0.39, 0.29) is 5.43 Å². The molecule has 0 radical (unpaired) electrons. The van der Waals surface area contributed by atoms with Crippen LogP contribution in [-0.4, -0.2) is 18.7 Å². The third kappa shape index (κ3) is 4.31. The summed E-state index contributed by atoms with van der Waals surface area (Å²) in [6, 6.07) is 11.8. The minimum atomic E-state index is -0.755. The summed E-state index contributed by atoms with van der Waals surface area (Å²) in [5, 5.41) is 1.02. The van der Waals surface area contributed by atoms with Crippen LogP contribution in [0.2, 0.25) is 5.02 Å². The molecule has 0 unspecified atom stereocenters. The summed E-state index contributed by atoms with van der Waals surface area (Å²) < 4.78 is 16.3. The van der Waals surface area contributed by atoms with Crippen molar-refractivity contribution in [2.24, 2.45) is 0 Å². The Morgan fingerprint density at radius 1 is 1.19 bits per heavy atom. The quantitative estimate of drug-likeness (QED) is 0.567. The molecule has 0 fully saturated rings. The van der Waals surface area contributed by atoms with E-state index in [2.05, 4.69) is 0 Å². The maximum atomic E-state index is 12.8. The van der Waals surface area contributed by atoms with Gasteiger partial charge in [0.2, 0.25) is 0 Å². The van der Waals surface area contributed by atoms with Crippen molar-refractivity contribution in [1.29, 1.82) is 0 Å². The van der Waals surface area contributed by atoms with Crippen molar-refractivity contribution in [3.63, 3.8) is 0 Å². The van der Waals surface area contributed by atoms with Crippen LogP contribution in [0.4, 0.5) is 0 Å². The lowest BCUT2D eigenvalue weighted by molar-refractivity contribution is -0.151. The first-order valence-electron chi connectivity index (χ1n) is 8.64. The number of fused-ring (bicyclic) bond motifs is 1. The molecule has 1 heterocycles. The highest BCUT2D eigenvalue weighted by atomic mass is 35.5. The molecular formula is C21H19ClO5. The summed E-state index contributed by atoms with van der Waals surface area (Å²) in [5.41, 5.74) is 1.40. The number of ether oxygens (including phenoxy) is 2. The molecule has 0 spiro atoms. The first-order valence-corrected chi connectivity index (χ1v) is 9.02. The second-order valence-electron chi connectivity index (χ2n) is 6.07. The van der Waals surface area contributed by atoms with Gasteiger partial charge < -0.3 is 13.9 Å². The summed E-state index contributed by atoms with van der Waals surface area (Å²) in [6.07, 6.45) is 1.40. The number of halogens is 1. The van der Waals surface area contributed by atoms with E-state index in [1.807, 2.05) is 6.92 Å². The van der Waals surface area contributed by atoms with Crippen LogP contribution in [0.25, 0.3) is 22.1 Å². The summed E-state index contributed by atoms with van der Waals surface area (Å²) in [7, 11) is 0. The van der Waals surface area contributed by atoms with E-state index in [0.717, 1.165) is 12.0 Å².